The number of ether oxygens (including phenoxy) is 1. The van der Waals surface area contributed by atoms with Crippen molar-refractivity contribution in [2.24, 2.45) is 5.92 Å². The van der Waals surface area contributed by atoms with Crippen molar-refractivity contribution < 1.29 is 14.3 Å². The Morgan fingerprint density at radius 1 is 1.03 bits per heavy atom. The molecule has 2 aromatic rings. The molecule has 0 saturated carbocycles. The minimum Gasteiger partial charge on any atom is -0.455 e. The molecule has 0 aromatic heterocycles. The number of nitrogens with one attached hydrogen (secondary N) is 2. The van der Waals surface area contributed by atoms with Crippen LogP contribution in [0, 0.1) is 5.92 Å². The van der Waals surface area contributed by atoms with Gasteiger partial charge >= 0.3 is 0 Å². The summed E-state index contributed by atoms with van der Waals surface area (Å²) in [6, 6.07) is 17.0. The molecule has 2 amide bonds. The van der Waals surface area contributed by atoms with Crippen LogP contribution < -0.4 is 15.4 Å². The average Bonchev–Trinajstić information content (AvgIpc) is 2.70. The van der Waals surface area contributed by atoms with Gasteiger partial charge in [-0.3, -0.25) is 14.5 Å². The van der Waals surface area contributed by atoms with Crippen LogP contribution in [-0.2, 0) is 9.59 Å². The molecular weight excluding hydrogens is 366 g/mol. The van der Waals surface area contributed by atoms with Gasteiger partial charge in [0.2, 0.25) is 11.8 Å². The molecule has 6 nitrogen and oxygen atoms in total. The summed E-state index contributed by atoms with van der Waals surface area (Å²) in [6.45, 7) is 5.73. The fourth-order valence-electron chi connectivity index (χ4n) is 3.42. The maximum atomic E-state index is 12.6. The van der Waals surface area contributed by atoms with E-state index in [9.17, 15) is 9.59 Å². The van der Waals surface area contributed by atoms with Crippen LogP contribution in [0.2, 0.25) is 0 Å². The first-order chi connectivity index (χ1) is 14.0. The first-order valence-electron chi connectivity index (χ1n) is 10.2. The van der Waals surface area contributed by atoms with E-state index >= 15 is 0 Å². The summed E-state index contributed by atoms with van der Waals surface area (Å²) < 4.78 is 5.90. The number of benzene rings is 2. The number of rotatable bonds is 7. The molecule has 1 fully saturated rings. The van der Waals surface area contributed by atoms with Crippen LogP contribution in [0.5, 0.6) is 11.5 Å². The van der Waals surface area contributed by atoms with Gasteiger partial charge in [-0.15, -0.1) is 0 Å². The maximum absolute atomic E-state index is 12.6. The zero-order valence-corrected chi connectivity index (χ0v) is 17.1. The zero-order chi connectivity index (χ0) is 20.6. The van der Waals surface area contributed by atoms with Crippen LogP contribution in [0.4, 0.5) is 5.69 Å². The molecule has 0 bridgehead atoms. The van der Waals surface area contributed by atoms with E-state index in [0.29, 0.717) is 18.0 Å². The van der Waals surface area contributed by atoms with E-state index in [2.05, 4.69) is 15.5 Å². The van der Waals surface area contributed by atoms with Crippen LogP contribution in [-0.4, -0.2) is 42.4 Å². The minimum atomic E-state index is -0.0841. The summed E-state index contributed by atoms with van der Waals surface area (Å²) in [5.74, 6) is 1.40. The number of para-hydroxylation sites is 3. The average molecular weight is 396 g/mol. The number of carbonyl (C=O) groups is 2. The van der Waals surface area contributed by atoms with Crippen LogP contribution in [0.1, 0.15) is 26.7 Å². The molecule has 2 N–H and O–H groups in total. The number of hydrogen-bond donors (Lipinski definition) is 2. The van der Waals surface area contributed by atoms with Gasteiger partial charge in [-0.25, -0.2) is 0 Å². The summed E-state index contributed by atoms with van der Waals surface area (Å²) in [5, 5.41) is 5.93. The molecule has 1 aliphatic heterocycles. The second kappa shape index (κ2) is 10.1. The lowest BCUT2D eigenvalue weighted by Crippen LogP contribution is -2.44. The lowest BCUT2D eigenvalue weighted by molar-refractivity contribution is -0.127. The van der Waals surface area contributed by atoms with Gasteiger partial charge in [-0.2, -0.15) is 0 Å². The van der Waals surface area contributed by atoms with Gasteiger partial charge < -0.3 is 15.4 Å². The van der Waals surface area contributed by atoms with Crippen LogP contribution in [0.25, 0.3) is 0 Å². The van der Waals surface area contributed by atoms with Crippen molar-refractivity contribution in [3.05, 3.63) is 54.6 Å². The third-order valence-corrected chi connectivity index (χ3v) is 4.89. The van der Waals surface area contributed by atoms with E-state index in [4.69, 9.17) is 4.74 Å². The first kappa shape index (κ1) is 20.9. The second-order valence-corrected chi connectivity index (χ2v) is 7.67. The number of likely N-dealkylation sites (tertiary alicyclic amines) is 1. The standard InChI is InChI=1S/C23H29N3O3/c1-17(2)24-23(28)18-12-14-26(15-13-18)16-22(27)25-20-10-6-7-11-21(20)29-19-8-4-3-5-9-19/h3-11,17-18H,12-16H2,1-2H3,(H,24,28)(H,25,27). The molecule has 0 aliphatic carbocycles. The Morgan fingerprint density at radius 2 is 1.69 bits per heavy atom. The lowest BCUT2D eigenvalue weighted by atomic mass is 9.95. The highest BCUT2D eigenvalue weighted by Gasteiger charge is 2.26. The van der Waals surface area contributed by atoms with E-state index < -0.39 is 0 Å². The zero-order valence-electron chi connectivity index (χ0n) is 17.1. The third-order valence-electron chi connectivity index (χ3n) is 4.89. The first-order valence-corrected chi connectivity index (χ1v) is 10.2. The van der Waals surface area contributed by atoms with Gasteiger partial charge in [0.1, 0.15) is 5.75 Å². The molecule has 0 unspecified atom stereocenters. The highest BCUT2D eigenvalue weighted by atomic mass is 16.5. The number of amides is 2. The Morgan fingerprint density at radius 3 is 2.38 bits per heavy atom. The third kappa shape index (κ3) is 6.32. The second-order valence-electron chi connectivity index (χ2n) is 7.67. The number of carbonyl (C=O) groups excluding carboxylic acids is 2. The van der Waals surface area contributed by atoms with Crippen molar-refractivity contribution in [3.8, 4) is 11.5 Å². The van der Waals surface area contributed by atoms with Crippen LogP contribution in [0.3, 0.4) is 0 Å². The Balaban J connectivity index is 1.51. The Hall–Kier alpha value is -2.86. The predicted octanol–water partition coefficient (Wildman–Crippen LogP) is 3.65. The number of hydrogen-bond acceptors (Lipinski definition) is 4. The molecule has 1 aliphatic rings. The highest BCUT2D eigenvalue weighted by molar-refractivity contribution is 5.93. The molecule has 0 spiro atoms. The number of anilines is 1. The number of piperidine rings is 1. The Kier molecular flexibility index (Phi) is 7.25. The largest absolute Gasteiger partial charge is 0.455 e. The van der Waals surface area contributed by atoms with Crippen molar-refractivity contribution in [1.29, 1.82) is 0 Å². The molecule has 154 valence electrons. The monoisotopic (exact) mass is 395 g/mol. The smallest absolute Gasteiger partial charge is 0.238 e. The summed E-state index contributed by atoms with van der Waals surface area (Å²) in [5.41, 5.74) is 0.646. The lowest BCUT2D eigenvalue weighted by Gasteiger charge is -2.31. The maximum Gasteiger partial charge on any atom is 0.238 e. The van der Waals surface area contributed by atoms with Crippen LogP contribution in [0.15, 0.2) is 54.6 Å². The molecule has 6 heteroatoms. The van der Waals surface area contributed by atoms with Crippen molar-refractivity contribution in [2.45, 2.75) is 32.7 Å². The predicted molar refractivity (Wildman–Crippen MR) is 114 cm³/mol. The van der Waals surface area contributed by atoms with Gasteiger partial charge in [0.25, 0.3) is 0 Å². The van der Waals surface area contributed by atoms with Gasteiger partial charge in [0.05, 0.1) is 12.2 Å². The summed E-state index contributed by atoms with van der Waals surface area (Å²) >= 11 is 0. The summed E-state index contributed by atoms with van der Waals surface area (Å²) in [6.07, 6.45) is 1.55. The van der Waals surface area contributed by atoms with E-state index in [0.717, 1.165) is 31.7 Å². The molecule has 2 aromatic carbocycles. The van der Waals surface area contributed by atoms with Gasteiger partial charge in [0.15, 0.2) is 5.75 Å². The normalized spacial score (nSPS) is 15.1. The topological polar surface area (TPSA) is 70.7 Å². The molecule has 29 heavy (non-hydrogen) atoms. The van der Waals surface area contributed by atoms with Crippen molar-refractivity contribution in [2.75, 3.05) is 25.0 Å². The SMILES string of the molecule is CC(C)NC(=O)C1CCN(CC(=O)Nc2ccccc2Oc2ccccc2)CC1. The molecular formula is C23H29N3O3. The fraction of sp³-hybridized carbons (Fsp3) is 0.391. The van der Waals surface area contributed by atoms with Crippen LogP contribution >= 0.6 is 0 Å². The van der Waals surface area contributed by atoms with Gasteiger partial charge in [0, 0.05) is 12.0 Å². The van der Waals surface area contributed by atoms with E-state index in [1.165, 1.54) is 0 Å². The van der Waals surface area contributed by atoms with E-state index in [1.54, 1.807) is 0 Å². The van der Waals surface area contributed by atoms with Crippen molar-refractivity contribution >= 4 is 17.5 Å². The van der Waals surface area contributed by atoms with Gasteiger partial charge in [-0.05, 0) is 64.0 Å². The Labute approximate surface area is 172 Å². The van der Waals surface area contributed by atoms with E-state index in [-0.39, 0.29) is 23.8 Å². The minimum absolute atomic E-state index is 0.0386. The molecule has 1 saturated heterocycles. The Bertz CT molecular complexity index is 815. The van der Waals surface area contributed by atoms with Crippen molar-refractivity contribution in [1.82, 2.24) is 10.2 Å². The van der Waals surface area contributed by atoms with Crippen molar-refractivity contribution in [3.63, 3.8) is 0 Å². The molecule has 1 heterocycles. The summed E-state index contributed by atoms with van der Waals surface area (Å²) in [7, 11) is 0. The fourth-order valence-corrected chi connectivity index (χ4v) is 3.42. The number of nitrogens with zero attached hydrogens (tertiary/aromatic N) is 1. The molecule has 0 atom stereocenters. The highest BCUT2D eigenvalue weighted by Crippen LogP contribution is 2.29. The van der Waals surface area contributed by atoms with E-state index in [1.807, 2.05) is 68.4 Å². The molecule has 3 rings (SSSR count). The summed E-state index contributed by atoms with van der Waals surface area (Å²) in [4.78, 5) is 26.8. The quantitative estimate of drug-likeness (QED) is 0.751. The van der Waals surface area contributed by atoms with Gasteiger partial charge in [-0.1, -0.05) is 30.3 Å². The molecule has 0 radical (unpaired) electrons.